The summed E-state index contributed by atoms with van der Waals surface area (Å²) in [6.07, 6.45) is 0.316. The van der Waals surface area contributed by atoms with Gasteiger partial charge in [0.1, 0.15) is 0 Å². The number of fused-ring (bicyclic) bond motifs is 1. The molecule has 3 fully saturated rings. The van der Waals surface area contributed by atoms with Gasteiger partial charge in [0.05, 0.1) is 17.5 Å². The topological polar surface area (TPSA) is 64.4 Å². The van der Waals surface area contributed by atoms with E-state index in [2.05, 4.69) is 6.07 Å². The third-order valence-corrected chi connectivity index (χ3v) is 10.5. The first-order chi connectivity index (χ1) is 10.7. The van der Waals surface area contributed by atoms with Crippen LogP contribution in [0.1, 0.15) is 31.2 Å². The number of rotatable bonds is 1. The Kier molecular flexibility index (Phi) is 2.79. The number of nitriles is 1. The van der Waals surface area contributed by atoms with Gasteiger partial charge in [-0.2, -0.15) is 5.26 Å². The van der Waals surface area contributed by atoms with Crippen LogP contribution in [-0.4, -0.2) is 38.4 Å². The van der Waals surface area contributed by atoms with Crippen LogP contribution in [0.5, 0.6) is 0 Å². The highest BCUT2D eigenvalue weighted by molar-refractivity contribution is 8.31. The molecule has 1 aromatic heterocycles. The van der Waals surface area contributed by atoms with Gasteiger partial charge in [-0.25, -0.2) is 0 Å². The largest absolute Gasteiger partial charge is 0.320 e. The molecular weight excluding hydrogens is 350 g/mol. The lowest BCUT2D eigenvalue weighted by Crippen LogP contribution is -2.60. The standard InChI is InChI=1S/C15H15N3O2S3/c1-13(8-16)7-15-12(20)17(3)14(2,23(15)21)11(19)18(15)10(13)9-5-4-6-22-9/h4-6,10H,7H2,1-3H3/t10?,13-,14+,15+,23?/m1/s1. The van der Waals surface area contributed by atoms with Crippen LogP contribution in [-0.2, 0) is 30.2 Å². The first-order valence-electron chi connectivity index (χ1n) is 7.24. The Labute approximate surface area is 145 Å². The van der Waals surface area contributed by atoms with Crippen molar-refractivity contribution in [2.45, 2.75) is 36.1 Å². The minimum absolute atomic E-state index is 0.113. The van der Waals surface area contributed by atoms with E-state index in [-0.39, 0.29) is 11.8 Å². The van der Waals surface area contributed by atoms with Crippen molar-refractivity contribution in [2.75, 3.05) is 7.05 Å². The molecule has 2 amide bonds. The molecule has 0 aliphatic carbocycles. The van der Waals surface area contributed by atoms with Crippen molar-refractivity contribution in [2.24, 2.45) is 5.41 Å². The molecule has 5 atom stereocenters. The molecule has 0 aromatic carbocycles. The fourth-order valence-corrected chi connectivity index (χ4v) is 8.70. The lowest BCUT2D eigenvalue weighted by atomic mass is 9.82. The molecule has 5 nitrogen and oxygen atoms in total. The third kappa shape index (κ3) is 1.37. The smallest absolute Gasteiger partial charge is 0.261 e. The summed E-state index contributed by atoms with van der Waals surface area (Å²) in [6, 6.07) is 5.81. The number of likely N-dealkylation sites (N-methyl/N-ethyl adjacent to an activating group) is 1. The molecule has 1 spiro atoms. The van der Waals surface area contributed by atoms with E-state index in [0.717, 1.165) is 4.88 Å². The Morgan fingerprint density at radius 1 is 1.43 bits per heavy atom. The summed E-state index contributed by atoms with van der Waals surface area (Å²) >= 11 is 7.23. The number of carbonyl (C=O) groups excluding carboxylic acids is 2. The first kappa shape index (κ1) is 15.2. The SMILES string of the molecule is CN1C(=O)[C@@]23C[C@](C)(C#N)C(c4cccs4)N2C(=O)[C@]1(C)S3=S. The maximum Gasteiger partial charge on any atom is 0.261 e. The maximum absolute atomic E-state index is 13.2. The molecule has 2 unspecified atom stereocenters. The van der Waals surface area contributed by atoms with Crippen LogP contribution in [0.4, 0.5) is 0 Å². The Morgan fingerprint density at radius 2 is 2.13 bits per heavy atom. The van der Waals surface area contributed by atoms with Gasteiger partial charge in [0, 0.05) is 18.3 Å². The van der Waals surface area contributed by atoms with Crippen molar-refractivity contribution in [1.82, 2.24) is 9.80 Å². The Hall–Kier alpha value is -1.30. The first-order valence-corrected chi connectivity index (χ1v) is 10.3. The molecule has 3 aliphatic heterocycles. The van der Waals surface area contributed by atoms with E-state index in [0.29, 0.717) is 6.42 Å². The monoisotopic (exact) mass is 365 g/mol. The molecule has 120 valence electrons. The highest BCUT2D eigenvalue weighted by Crippen LogP contribution is 2.65. The van der Waals surface area contributed by atoms with E-state index in [4.69, 9.17) is 11.2 Å². The van der Waals surface area contributed by atoms with Crippen molar-refractivity contribution < 1.29 is 9.59 Å². The summed E-state index contributed by atoms with van der Waals surface area (Å²) in [5, 5.41) is 11.8. The summed E-state index contributed by atoms with van der Waals surface area (Å²) in [6.45, 7) is 3.61. The highest BCUT2D eigenvalue weighted by Gasteiger charge is 2.80. The van der Waals surface area contributed by atoms with Gasteiger partial charge in [-0.15, -0.1) is 11.3 Å². The van der Waals surface area contributed by atoms with Crippen LogP contribution in [0.25, 0.3) is 0 Å². The van der Waals surface area contributed by atoms with E-state index in [9.17, 15) is 14.9 Å². The molecule has 3 aliphatic rings. The van der Waals surface area contributed by atoms with Gasteiger partial charge in [-0.1, -0.05) is 15.5 Å². The zero-order chi connectivity index (χ0) is 16.8. The molecule has 8 heteroatoms. The number of amides is 2. The number of hydrogen-bond donors (Lipinski definition) is 0. The normalized spacial score (nSPS) is 44.8. The average Bonchev–Trinajstić information content (AvgIpc) is 3.20. The second-order valence-corrected chi connectivity index (χ2v) is 10.7. The number of carbonyl (C=O) groups is 2. The van der Waals surface area contributed by atoms with Crippen LogP contribution in [0.2, 0.25) is 0 Å². The van der Waals surface area contributed by atoms with E-state index < -0.39 is 30.7 Å². The summed E-state index contributed by atoms with van der Waals surface area (Å²) in [7, 11) is 0.779. The lowest BCUT2D eigenvalue weighted by Gasteiger charge is -2.39. The van der Waals surface area contributed by atoms with Crippen molar-refractivity contribution in [3.63, 3.8) is 0 Å². The van der Waals surface area contributed by atoms with Crippen molar-refractivity contribution in [3.05, 3.63) is 22.4 Å². The van der Waals surface area contributed by atoms with Gasteiger partial charge in [0.15, 0.2) is 9.74 Å². The predicted octanol–water partition coefficient (Wildman–Crippen LogP) is 1.53. The van der Waals surface area contributed by atoms with Crippen LogP contribution in [0.15, 0.2) is 17.5 Å². The molecule has 4 rings (SSSR count). The summed E-state index contributed by atoms with van der Waals surface area (Å²) in [5.41, 5.74) is -0.813. The molecule has 0 radical (unpaired) electrons. The van der Waals surface area contributed by atoms with Gasteiger partial charge in [-0.3, -0.25) is 9.59 Å². The van der Waals surface area contributed by atoms with E-state index in [1.165, 1.54) is 16.2 Å². The van der Waals surface area contributed by atoms with E-state index in [1.807, 2.05) is 24.4 Å². The molecule has 0 N–H and O–H groups in total. The Morgan fingerprint density at radius 3 is 2.70 bits per heavy atom. The molecule has 2 bridgehead atoms. The second-order valence-electron chi connectivity index (χ2n) is 6.70. The zero-order valence-corrected chi connectivity index (χ0v) is 15.3. The molecular formula is C15H15N3O2S3. The van der Waals surface area contributed by atoms with Gasteiger partial charge >= 0.3 is 0 Å². The van der Waals surface area contributed by atoms with Crippen LogP contribution < -0.4 is 0 Å². The summed E-state index contributed by atoms with van der Waals surface area (Å²) in [4.78, 5) is 28.4. The number of nitrogens with zero attached hydrogens (tertiary/aromatic N) is 3. The van der Waals surface area contributed by atoms with Crippen LogP contribution in [0, 0.1) is 16.7 Å². The van der Waals surface area contributed by atoms with Crippen molar-refractivity contribution >= 4 is 43.8 Å². The zero-order valence-electron chi connectivity index (χ0n) is 12.9. The van der Waals surface area contributed by atoms with Crippen molar-refractivity contribution in [3.8, 4) is 6.07 Å². The second kappa shape index (κ2) is 4.21. The van der Waals surface area contributed by atoms with E-state index >= 15 is 0 Å². The van der Waals surface area contributed by atoms with Crippen LogP contribution in [0.3, 0.4) is 0 Å². The van der Waals surface area contributed by atoms with E-state index in [1.54, 1.807) is 18.9 Å². The van der Waals surface area contributed by atoms with Gasteiger partial charge in [-0.05, 0) is 36.5 Å². The highest BCUT2D eigenvalue weighted by atomic mass is 32.8. The minimum atomic E-state index is -1.03. The van der Waals surface area contributed by atoms with Gasteiger partial charge in [0.25, 0.3) is 11.8 Å². The average molecular weight is 366 g/mol. The summed E-state index contributed by atoms with van der Waals surface area (Å²) < 4.78 is 0. The van der Waals surface area contributed by atoms with Gasteiger partial charge in [0.2, 0.25) is 0 Å². The number of hydrogen-bond acceptors (Lipinski definition) is 5. The number of piperazine rings is 1. The Bertz CT molecular complexity index is 816. The molecule has 0 saturated carbocycles. The third-order valence-electron chi connectivity index (χ3n) is 5.49. The minimum Gasteiger partial charge on any atom is -0.320 e. The fraction of sp³-hybridized carbons (Fsp3) is 0.533. The lowest BCUT2D eigenvalue weighted by molar-refractivity contribution is -0.159. The molecule has 4 heterocycles. The number of thiophene rings is 1. The molecule has 23 heavy (non-hydrogen) atoms. The molecule has 3 saturated heterocycles. The fourth-order valence-electron chi connectivity index (χ4n) is 4.21. The van der Waals surface area contributed by atoms with Gasteiger partial charge < -0.3 is 9.80 Å². The Balaban J connectivity index is 2.00. The predicted molar refractivity (Wildman–Crippen MR) is 90.9 cm³/mol. The molecule has 1 aromatic rings. The van der Waals surface area contributed by atoms with Crippen LogP contribution >= 0.6 is 11.3 Å². The quantitative estimate of drug-likeness (QED) is 0.757. The summed E-state index contributed by atoms with van der Waals surface area (Å²) in [5.74, 6) is -0.228. The van der Waals surface area contributed by atoms with Crippen molar-refractivity contribution in [1.29, 1.82) is 5.26 Å². The maximum atomic E-state index is 13.2.